The number of H-pyrrole nitrogens is 1. The molecule has 1 amide bonds. The number of aromatic amines is 1. The molecule has 0 fully saturated rings. The van der Waals surface area contributed by atoms with Crippen LogP contribution < -0.4 is 5.32 Å². The fraction of sp³-hybridized carbons (Fsp3) is 0.0357. The van der Waals surface area contributed by atoms with E-state index >= 15 is 0 Å². The number of alkyl halides is 3. The Kier molecular flexibility index (Phi) is 6.78. The Morgan fingerprint density at radius 2 is 1.70 bits per heavy atom. The van der Waals surface area contributed by atoms with Crippen LogP contribution in [0.2, 0.25) is 0 Å². The Morgan fingerprint density at radius 3 is 2.46 bits per heavy atom. The van der Waals surface area contributed by atoms with Gasteiger partial charge in [-0.3, -0.25) is 14.9 Å². The molecule has 2 heterocycles. The molecule has 9 heteroatoms. The number of amides is 1. The second-order valence-electron chi connectivity index (χ2n) is 8.03. The largest absolute Gasteiger partial charge is 0.416 e. The van der Waals surface area contributed by atoms with Crippen molar-refractivity contribution < 1.29 is 18.0 Å². The summed E-state index contributed by atoms with van der Waals surface area (Å²) in [7, 11) is 0. The standard InChI is InChI=1S/C28H19F3N4OS/c29-28(30,31)18-8-10-20(11-9-18)33-27(36)23-6-1-2-7-26(23)37-21-13-14-22-24(34-35-25(22)17-21)15-12-19-5-3-4-16-32-19/h1-17H,(H,33,36)(H,34,35)/b15-12+. The smallest absolute Gasteiger partial charge is 0.322 e. The molecule has 2 N–H and O–H groups in total. The van der Waals surface area contributed by atoms with Gasteiger partial charge in [0.15, 0.2) is 0 Å². The summed E-state index contributed by atoms with van der Waals surface area (Å²) in [6.07, 6.45) is 1.09. The summed E-state index contributed by atoms with van der Waals surface area (Å²) in [5, 5.41) is 11.1. The minimum absolute atomic E-state index is 0.281. The molecule has 5 rings (SSSR count). The lowest BCUT2D eigenvalue weighted by Gasteiger charge is -2.11. The number of benzene rings is 3. The highest BCUT2D eigenvalue weighted by Gasteiger charge is 2.30. The molecule has 0 unspecified atom stereocenters. The molecule has 0 spiro atoms. The van der Waals surface area contributed by atoms with Crippen molar-refractivity contribution in [3.63, 3.8) is 0 Å². The summed E-state index contributed by atoms with van der Waals surface area (Å²) in [5.41, 5.74) is 2.38. The van der Waals surface area contributed by atoms with E-state index in [1.165, 1.54) is 23.9 Å². The lowest BCUT2D eigenvalue weighted by molar-refractivity contribution is -0.137. The average molecular weight is 517 g/mol. The van der Waals surface area contributed by atoms with E-state index < -0.39 is 17.6 Å². The molecule has 2 aromatic heterocycles. The summed E-state index contributed by atoms with van der Waals surface area (Å²) in [4.78, 5) is 18.8. The number of anilines is 1. The summed E-state index contributed by atoms with van der Waals surface area (Å²) >= 11 is 1.41. The maximum absolute atomic E-state index is 12.9. The molecule has 5 aromatic rings. The first kappa shape index (κ1) is 24.3. The quantitative estimate of drug-likeness (QED) is 0.244. The fourth-order valence-corrected chi connectivity index (χ4v) is 4.64. The van der Waals surface area contributed by atoms with Crippen molar-refractivity contribution in [2.45, 2.75) is 16.0 Å². The normalized spacial score (nSPS) is 11.8. The number of carbonyl (C=O) groups is 1. The summed E-state index contributed by atoms with van der Waals surface area (Å²) in [6, 6.07) is 23.0. The molecule has 0 radical (unpaired) electrons. The molecular weight excluding hydrogens is 497 g/mol. The van der Waals surface area contributed by atoms with Crippen LogP contribution in [0.5, 0.6) is 0 Å². The van der Waals surface area contributed by atoms with Crippen molar-refractivity contribution in [2.75, 3.05) is 5.32 Å². The Hall–Kier alpha value is -4.37. The van der Waals surface area contributed by atoms with Crippen LogP contribution in [0.4, 0.5) is 18.9 Å². The predicted molar refractivity (Wildman–Crippen MR) is 139 cm³/mol. The van der Waals surface area contributed by atoms with E-state index in [4.69, 9.17) is 0 Å². The van der Waals surface area contributed by atoms with Crippen molar-refractivity contribution in [2.24, 2.45) is 0 Å². The zero-order valence-electron chi connectivity index (χ0n) is 19.2. The average Bonchev–Trinajstić information content (AvgIpc) is 3.30. The number of carbonyl (C=O) groups excluding carboxylic acids is 1. The van der Waals surface area contributed by atoms with Gasteiger partial charge in [-0.2, -0.15) is 18.3 Å². The Bertz CT molecular complexity index is 1580. The monoisotopic (exact) mass is 516 g/mol. The SMILES string of the molecule is O=C(Nc1ccc(C(F)(F)F)cc1)c1ccccc1Sc1ccc2c(/C=C/c3ccccn3)n[nH]c2c1. The number of rotatable bonds is 6. The molecule has 3 aromatic carbocycles. The van der Waals surface area contributed by atoms with Gasteiger partial charge in [0.1, 0.15) is 0 Å². The molecule has 0 saturated carbocycles. The van der Waals surface area contributed by atoms with E-state index in [0.717, 1.165) is 39.3 Å². The summed E-state index contributed by atoms with van der Waals surface area (Å²) < 4.78 is 38.4. The third kappa shape index (κ3) is 5.73. The number of aromatic nitrogens is 3. The van der Waals surface area contributed by atoms with E-state index in [1.807, 2.05) is 60.7 Å². The minimum Gasteiger partial charge on any atom is -0.322 e. The number of nitrogens with zero attached hydrogens (tertiary/aromatic N) is 2. The molecule has 0 atom stereocenters. The van der Waals surface area contributed by atoms with Gasteiger partial charge in [0.2, 0.25) is 0 Å². The topological polar surface area (TPSA) is 70.7 Å². The van der Waals surface area contributed by atoms with Crippen LogP contribution in [-0.2, 0) is 6.18 Å². The van der Waals surface area contributed by atoms with Crippen molar-refractivity contribution in [1.82, 2.24) is 15.2 Å². The maximum Gasteiger partial charge on any atom is 0.416 e. The first-order valence-electron chi connectivity index (χ1n) is 11.2. The lowest BCUT2D eigenvalue weighted by Crippen LogP contribution is -2.13. The van der Waals surface area contributed by atoms with E-state index in [0.29, 0.717) is 10.5 Å². The number of fused-ring (bicyclic) bond motifs is 1. The molecule has 184 valence electrons. The molecular formula is C28H19F3N4OS. The van der Waals surface area contributed by atoms with Gasteiger partial charge in [0.05, 0.1) is 28.0 Å². The molecule has 0 aliphatic carbocycles. The van der Waals surface area contributed by atoms with Gasteiger partial charge in [-0.25, -0.2) is 0 Å². The van der Waals surface area contributed by atoms with E-state index in [2.05, 4.69) is 20.5 Å². The highest BCUT2D eigenvalue weighted by Crippen LogP contribution is 2.34. The third-order valence-corrected chi connectivity index (χ3v) is 6.56. The number of hydrogen-bond acceptors (Lipinski definition) is 4. The first-order valence-corrected chi connectivity index (χ1v) is 12.0. The van der Waals surface area contributed by atoms with Gasteiger partial charge in [0.25, 0.3) is 5.91 Å². The number of pyridine rings is 1. The molecule has 0 aliphatic heterocycles. The van der Waals surface area contributed by atoms with Gasteiger partial charge in [-0.15, -0.1) is 0 Å². The van der Waals surface area contributed by atoms with Crippen molar-refractivity contribution in [3.05, 3.63) is 114 Å². The molecule has 0 saturated heterocycles. The van der Waals surface area contributed by atoms with E-state index in [9.17, 15) is 18.0 Å². The highest BCUT2D eigenvalue weighted by molar-refractivity contribution is 7.99. The maximum atomic E-state index is 12.9. The Labute approximate surface area is 214 Å². The van der Waals surface area contributed by atoms with Crippen LogP contribution in [0.1, 0.15) is 27.3 Å². The van der Waals surface area contributed by atoms with Gasteiger partial charge >= 0.3 is 6.18 Å². The second-order valence-corrected chi connectivity index (χ2v) is 9.15. The minimum atomic E-state index is -4.43. The summed E-state index contributed by atoms with van der Waals surface area (Å²) in [6.45, 7) is 0. The molecule has 37 heavy (non-hydrogen) atoms. The van der Waals surface area contributed by atoms with Crippen molar-refractivity contribution in [1.29, 1.82) is 0 Å². The van der Waals surface area contributed by atoms with E-state index in [1.54, 1.807) is 18.3 Å². The Morgan fingerprint density at radius 1 is 0.919 bits per heavy atom. The van der Waals surface area contributed by atoms with Gasteiger partial charge in [0, 0.05) is 27.1 Å². The van der Waals surface area contributed by atoms with Crippen molar-refractivity contribution >= 4 is 46.4 Å². The summed E-state index contributed by atoms with van der Waals surface area (Å²) in [5.74, 6) is -0.410. The highest BCUT2D eigenvalue weighted by atomic mass is 32.2. The Balaban J connectivity index is 1.33. The number of halogens is 3. The van der Waals surface area contributed by atoms with Crippen LogP contribution in [-0.4, -0.2) is 21.1 Å². The molecule has 0 aliphatic rings. The van der Waals surface area contributed by atoms with Crippen molar-refractivity contribution in [3.8, 4) is 0 Å². The number of nitrogens with one attached hydrogen (secondary N) is 2. The van der Waals surface area contributed by atoms with Crippen LogP contribution >= 0.6 is 11.8 Å². The van der Waals surface area contributed by atoms with Gasteiger partial charge < -0.3 is 5.32 Å². The second kappa shape index (κ2) is 10.3. The van der Waals surface area contributed by atoms with Gasteiger partial charge in [-0.1, -0.05) is 30.0 Å². The van der Waals surface area contributed by atoms with Crippen LogP contribution in [0.15, 0.2) is 101 Å². The molecule has 0 bridgehead atoms. The van der Waals surface area contributed by atoms with Gasteiger partial charge in [-0.05, 0) is 78.9 Å². The number of hydrogen-bond donors (Lipinski definition) is 2. The van der Waals surface area contributed by atoms with Crippen LogP contribution in [0.25, 0.3) is 23.1 Å². The predicted octanol–water partition coefficient (Wildman–Crippen LogP) is 7.55. The third-order valence-electron chi connectivity index (χ3n) is 5.49. The van der Waals surface area contributed by atoms with E-state index in [-0.39, 0.29) is 5.69 Å². The zero-order chi connectivity index (χ0) is 25.8. The molecule has 5 nitrogen and oxygen atoms in total. The fourth-order valence-electron chi connectivity index (χ4n) is 3.66. The zero-order valence-corrected chi connectivity index (χ0v) is 20.0. The first-order chi connectivity index (χ1) is 17.9. The van der Waals surface area contributed by atoms with Crippen LogP contribution in [0.3, 0.4) is 0 Å². The lowest BCUT2D eigenvalue weighted by atomic mass is 10.1. The van der Waals surface area contributed by atoms with Crippen LogP contribution in [0, 0.1) is 0 Å².